The molecule has 0 atom stereocenters. The number of fused-ring (bicyclic) bond motifs is 1. The molecule has 0 fully saturated rings. The lowest BCUT2D eigenvalue weighted by Gasteiger charge is -2.00. The number of benzene rings is 1. The van der Waals surface area contributed by atoms with Crippen LogP contribution in [0, 0.1) is 12.3 Å². The summed E-state index contributed by atoms with van der Waals surface area (Å²) in [4.78, 5) is 4.31. The van der Waals surface area contributed by atoms with Crippen LogP contribution in [0.25, 0.3) is 16.8 Å². The second kappa shape index (κ2) is 3.14. The third-order valence-electron chi connectivity index (χ3n) is 2.37. The molecule has 2 nitrogen and oxygen atoms in total. The van der Waals surface area contributed by atoms with Crippen LogP contribution in [0.4, 0.5) is 0 Å². The van der Waals surface area contributed by atoms with Crippen LogP contribution in [0.3, 0.4) is 0 Å². The molecule has 0 saturated heterocycles. The highest BCUT2D eigenvalue weighted by Gasteiger charge is 2.02. The van der Waals surface area contributed by atoms with Gasteiger partial charge in [-0.3, -0.25) is 4.40 Å². The van der Waals surface area contributed by atoms with Crippen LogP contribution in [0.5, 0.6) is 0 Å². The summed E-state index contributed by atoms with van der Waals surface area (Å²) in [5.41, 5.74) is 3.15. The molecule has 0 aliphatic rings. The molecule has 0 N–H and O–H groups in total. The molecular formula is C13H8N2. The van der Waals surface area contributed by atoms with E-state index in [0.29, 0.717) is 0 Å². The molecule has 3 rings (SSSR count). The third-order valence-corrected chi connectivity index (χ3v) is 2.37. The summed E-state index contributed by atoms with van der Waals surface area (Å²) in [6.45, 7) is 0. The first kappa shape index (κ1) is 8.07. The quantitative estimate of drug-likeness (QED) is 0.579. The summed E-state index contributed by atoms with van der Waals surface area (Å²) in [5.74, 6) is 0. The number of nitrogens with zero attached hydrogens (tertiary/aromatic N) is 2. The first-order valence-corrected chi connectivity index (χ1v) is 4.76. The largest absolute Gasteiger partial charge is 0.258 e. The fourth-order valence-electron chi connectivity index (χ4n) is 1.66. The summed E-state index contributed by atoms with van der Waals surface area (Å²) < 4.78 is 1.85. The maximum absolute atomic E-state index is 4.31. The molecule has 1 aromatic carbocycles. The molecule has 0 amide bonds. The van der Waals surface area contributed by atoms with Crippen molar-refractivity contribution in [3.05, 3.63) is 61.1 Å². The molecule has 70 valence electrons. The van der Waals surface area contributed by atoms with Gasteiger partial charge >= 0.3 is 0 Å². The van der Waals surface area contributed by atoms with Crippen molar-refractivity contribution in [2.24, 2.45) is 0 Å². The van der Waals surface area contributed by atoms with Crippen molar-refractivity contribution in [2.75, 3.05) is 0 Å². The summed E-state index contributed by atoms with van der Waals surface area (Å²) >= 11 is 0. The van der Waals surface area contributed by atoms with Gasteiger partial charge in [0, 0.05) is 30.2 Å². The zero-order valence-electron chi connectivity index (χ0n) is 8.01. The maximum atomic E-state index is 4.31. The number of aromatic nitrogens is 2. The Labute approximate surface area is 87.8 Å². The molecule has 2 heterocycles. The topological polar surface area (TPSA) is 17.3 Å². The van der Waals surface area contributed by atoms with Gasteiger partial charge in [0.15, 0.2) is 5.65 Å². The normalized spacial score (nSPS) is 10.1. The van der Waals surface area contributed by atoms with Crippen LogP contribution >= 0.6 is 0 Å². The SMILES string of the molecule is c1cc(-c2ccccc2)c2nccn2c#1. The van der Waals surface area contributed by atoms with Gasteiger partial charge in [0.2, 0.25) is 0 Å². The van der Waals surface area contributed by atoms with Gasteiger partial charge < -0.3 is 0 Å². The van der Waals surface area contributed by atoms with E-state index in [1.54, 1.807) is 6.20 Å². The summed E-state index contributed by atoms with van der Waals surface area (Å²) in [7, 11) is 0. The molecule has 15 heavy (non-hydrogen) atoms. The fraction of sp³-hybridized carbons (Fsp3) is 0. The van der Waals surface area contributed by atoms with E-state index in [1.807, 2.05) is 34.9 Å². The van der Waals surface area contributed by atoms with Gasteiger partial charge in [-0.2, -0.15) is 0 Å². The molecule has 0 spiro atoms. The summed E-state index contributed by atoms with van der Waals surface area (Å²) in [6, 6.07) is 15.1. The Morgan fingerprint density at radius 1 is 1.13 bits per heavy atom. The molecule has 0 unspecified atom stereocenters. The van der Waals surface area contributed by atoms with Crippen molar-refractivity contribution >= 4 is 5.65 Å². The summed E-state index contributed by atoms with van der Waals surface area (Å²) in [5, 5.41) is 0. The average Bonchev–Trinajstić information content (AvgIpc) is 2.78. The van der Waals surface area contributed by atoms with Gasteiger partial charge in [-0.15, -0.1) is 0 Å². The van der Waals surface area contributed by atoms with Crippen molar-refractivity contribution in [2.45, 2.75) is 0 Å². The molecule has 0 aliphatic heterocycles. The zero-order valence-corrected chi connectivity index (χ0v) is 8.01. The second-order valence-corrected chi connectivity index (χ2v) is 3.30. The van der Waals surface area contributed by atoms with E-state index < -0.39 is 0 Å². The van der Waals surface area contributed by atoms with E-state index in [0.717, 1.165) is 16.8 Å². The molecule has 0 aliphatic carbocycles. The van der Waals surface area contributed by atoms with Crippen molar-refractivity contribution in [1.29, 1.82) is 0 Å². The van der Waals surface area contributed by atoms with E-state index in [2.05, 4.69) is 29.4 Å². The van der Waals surface area contributed by atoms with Gasteiger partial charge in [0.25, 0.3) is 0 Å². The van der Waals surface area contributed by atoms with Crippen molar-refractivity contribution in [1.82, 2.24) is 9.38 Å². The Morgan fingerprint density at radius 2 is 2.00 bits per heavy atom. The van der Waals surface area contributed by atoms with Crippen molar-refractivity contribution in [3.63, 3.8) is 0 Å². The minimum absolute atomic E-state index is 0.917. The monoisotopic (exact) mass is 192 g/mol. The van der Waals surface area contributed by atoms with Crippen LogP contribution in [0.1, 0.15) is 0 Å². The number of rotatable bonds is 1. The number of hydrogen-bond acceptors (Lipinski definition) is 1. The van der Waals surface area contributed by atoms with Gasteiger partial charge in [0.05, 0.1) is 0 Å². The predicted octanol–water partition coefficient (Wildman–Crippen LogP) is 2.60. The highest BCUT2D eigenvalue weighted by molar-refractivity contribution is 5.76. The lowest BCUT2D eigenvalue weighted by atomic mass is 10.1. The van der Waals surface area contributed by atoms with Crippen LogP contribution in [-0.2, 0) is 0 Å². The van der Waals surface area contributed by atoms with Gasteiger partial charge in [-0.1, -0.05) is 36.4 Å². The molecule has 3 aromatic rings. The third kappa shape index (κ3) is 1.26. The van der Waals surface area contributed by atoms with Gasteiger partial charge in [0.1, 0.15) is 0 Å². The van der Waals surface area contributed by atoms with Crippen molar-refractivity contribution in [3.8, 4) is 11.1 Å². The zero-order chi connectivity index (χ0) is 10.1. The van der Waals surface area contributed by atoms with Crippen LogP contribution in [0.2, 0.25) is 0 Å². The van der Waals surface area contributed by atoms with Gasteiger partial charge in [-0.25, -0.2) is 4.98 Å². The Hall–Kier alpha value is -2.27. The Morgan fingerprint density at radius 3 is 2.87 bits per heavy atom. The first-order chi connectivity index (χ1) is 7.45. The maximum Gasteiger partial charge on any atom is 0.152 e. The van der Waals surface area contributed by atoms with E-state index in [1.165, 1.54) is 0 Å². The minimum atomic E-state index is 0.917. The van der Waals surface area contributed by atoms with Crippen LogP contribution in [0.15, 0.2) is 48.8 Å². The molecule has 2 heteroatoms. The molecular weight excluding hydrogens is 184 g/mol. The van der Waals surface area contributed by atoms with E-state index >= 15 is 0 Å². The van der Waals surface area contributed by atoms with E-state index in [4.69, 9.17) is 0 Å². The minimum Gasteiger partial charge on any atom is -0.258 e. The van der Waals surface area contributed by atoms with Crippen LogP contribution in [-0.4, -0.2) is 9.38 Å². The highest BCUT2D eigenvalue weighted by atomic mass is 15.0. The molecule has 0 radical (unpaired) electrons. The van der Waals surface area contributed by atoms with Gasteiger partial charge in [-0.05, 0) is 5.56 Å². The average molecular weight is 192 g/mol. The van der Waals surface area contributed by atoms with Crippen molar-refractivity contribution < 1.29 is 0 Å². The van der Waals surface area contributed by atoms with E-state index in [9.17, 15) is 0 Å². The first-order valence-electron chi connectivity index (χ1n) is 4.76. The Bertz CT molecular complexity index is 582. The molecule has 0 bridgehead atoms. The smallest absolute Gasteiger partial charge is 0.152 e. The van der Waals surface area contributed by atoms with Crippen LogP contribution < -0.4 is 0 Å². The second-order valence-electron chi connectivity index (χ2n) is 3.30. The Kier molecular flexibility index (Phi) is 1.69. The highest BCUT2D eigenvalue weighted by Crippen LogP contribution is 2.21. The lowest BCUT2D eigenvalue weighted by molar-refractivity contribution is 1.20. The molecule has 2 aromatic heterocycles. The predicted molar refractivity (Wildman–Crippen MR) is 58.3 cm³/mol. The summed E-state index contributed by atoms with van der Waals surface area (Å²) in [6.07, 6.45) is 6.61. The standard InChI is InChI=1S/C13H8N2/c1-2-5-11(6-3-1)12-7-4-9-15-10-8-14-13(12)15/h1-3,5-8,10H. The number of imidazole rings is 1. The lowest BCUT2D eigenvalue weighted by Crippen LogP contribution is -1.84. The Balaban J connectivity index is 2.31. The molecule has 0 saturated carbocycles. The fourth-order valence-corrected chi connectivity index (χ4v) is 1.66. The number of hydrogen-bond donors (Lipinski definition) is 0. The van der Waals surface area contributed by atoms with E-state index in [-0.39, 0.29) is 0 Å².